The van der Waals surface area contributed by atoms with Crippen molar-refractivity contribution in [3.05, 3.63) is 89.2 Å². The molecule has 1 aliphatic rings. The summed E-state index contributed by atoms with van der Waals surface area (Å²) >= 11 is 5.86. The zero-order chi connectivity index (χ0) is 23.3. The van der Waals surface area contributed by atoms with Crippen LogP contribution >= 0.6 is 11.6 Å². The van der Waals surface area contributed by atoms with Crippen molar-refractivity contribution in [3.8, 4) is 0 Å². The molecule has 7 nitrogen and oxygen atoms in total. The van der Waals surface area contributed by atoms with Gasteiger partial charge in [-0.05, 0) is 60.9 Å². The van der Waals surface area contributed by atoms with Gasteiger partial charge in [-0.1, -0.05) is 29.8 Å². The van der Waals surface area contributed by atoms with Crippen LogP contribution in [0.4, 0.5) is 5.69 Å². The van der Waals surface area contributed by atoms with Crippen molar-refractivity contribution in [1.29, 1.82) is 0 Å². The van der Waals surface area contributed by atoms with Crippen LogP contribution in [-0.2, 0) is 16.6 Å². The number of anilines is 1. The summed E-state index contributed by atoms with van der Waals surface area (Å²) in [6.45, 7) is 1.68. The smallest absolute Gasteiger partial charge is 0.253 e. The Hall–Kier alpha value is -2.94. The van der Waals surface area contributed by atoms with Gasteiger partial charge in [-0.3, -0.25) is 9.78 Å². The van der Waals surface area contributed by atoms with E-state index in [2.05, 4.69) is 19.9 Å². The van der Waals surface area contributed by atoms with E-state index >= 15 is 0 Å². The molecule has 2 heterocycles. The first kappa shape index (κ1) is 23.2. The van der Waals surface area contributed by atoms with Gasteiger partial charge in [-0.25, -0.2) is 13.1 Å². The van der Waals surface area contributed by atoms with Gasteiger partial charge in [0, 0.05) is 48.8 Å². The molecule has 0 spiro atoms. The lowest BCUT2D eigenvalue weighted by atomic mass is 10.0. The maximum atomic E-state index is 12.9. The van der Waals surface area contributed by atoms with Crippen LogP contribution in [0.1, 0.15) is 28.8 Å². The number of pyridine rings is 1. The van der Waals surface area contributed by atoms with E-state index in [1.54, 1.807) is 24.5 Å². The molecule has 1 fully saturated rings. The fourth-order valence-electron chi connectivity index (χ4n) is 3.86. The number of carbonyl (C=O) groups excluding carboxylic acids is 1. The van der Waals surface area contributed by atoms with Crippen LogP contribution in [0, 0.1) is 0 Å². The molecule has 33 heavy (non-hydrogen) atoms. The molecule has 1 saturated heterocycles. The number of hydrogen-bond donors (Lipinski definition) is 2. The van der Waals surface area contributed by atoms with Gasteiger partial charge in [0.25, 0.3) is 5.91 Å². The maximum Gasteiger partial charge on any atom is 0.253 e. The van der Waals surface area contributed by atoms with Crippen molar-refractivity contribution < 1.29 is 13.2 Å². The van der Waals surface area contributed by atoms with Gasteiger partial charge in [0.1, 0.15) is 0 Å². The third kappa shape index (κ3) is 5.90. The molecule has 1 amide bonds. The van der Waals surface area contributed by atoms with Gasteiger partial charge in [-0.15, -0.1) is 0 Å². The topological polar surface area (TPSA) is 91.4 Å². The zero-order valence-corrected chi connectivity index (χ0v) is 19.5. The number of rotatable bonds is 7. The van der Waals surface area contributed by atoms with Crippen molar-refractivity contribution in [2.24, 2.45) is 0 Å². The molecule has 2 N–H and O–H groups in total. The molecule has 0 atom stereocenters. The van der Waals surface area contributed by atoms with Crippen LogP contribution in [0.3, 0.4) is 0 Å². The monoisotopic (exact) mass is 484 g/mol. The number of aromatic nitrogens is 1. The molecule has 0 bridgehead atoms. The van der Waals surface area contributed by atoms with E-state index in [4.69, 9.17) is 11.6 Å². The molecule has 3 aromatic rings. The Kier molecular flexibility index (Phi) is 7.27. The molecule has 1 aromatic heterocycles. The number of benzene rings is 2. The van der Waals surface area contributed by atoms with Gasteiger partial charge in [0.15, 0.2) is 0 Å². The highest BCUT2D eigenvalue weighted by Gasteiger charge is 2.26. The molecule has 0 aliphatic carbocycles. The van der Waals surface area contributed by atoms with E-state index in [0.717, 1.165) is 11.3 Å². The second kappa shape index (κ2) is 10.3. The fourth-order valence-corrected chi connectivity index (χ4v) is 5.29. The summed E-state index contributed by atoms with van der Waals surface area (Å²) in [7, 11) is -3.61. The lowest BCUT2D eigenvalue weighted by molar-refractivity contribution is 0.0951. The Balaban J connectivity index is 1.38. The Morgan fingerprint density at radius 3 is 2.45 bits per heavy atom. The molecule has 9 heteroatoms. The minimum Gasteiger partial charge on any atom is -0.371 e. The predicted molar refractivity (Wildman–Crippen MR) is 129 cm³/mol. The fraction of sp³-hybridized carbons (Fsp3) is 0.250. The summed E-state index contributed by atoms with van der Waals surface area (Å²) in [5.74, 6) is -0.153. The summed E-state index contributed by atoms with van der Waals surface area (Å²) in [4.78, 5) is 19.3. The second-order valence-electron chi connectivity index (χ2n) is 7.90. The Bertz CT molecular complexity index is 1200. The van der Waals surface area contributed by atoms with Crippen LogP contribution < -0.4 is 14.9 Å². The van der Waals surface area contributed by atoms with Crippen molar-refractivity contribution in [2.45, 2.75) is 30.3 Å². The molecule has 4 rings (SSSR count). The molecular weight excluding hydrogens is 460 g/mol. The first-order valence-electron chi connectivity index (χ1n) is 10.7. The van der Waals surface area contributed by atoms with Crippen LogP contribution in [-0.4, -0.2) is 38.4 Å². The minimum absolute atomic E-state index is 0.153. The quantitative estimate of drug-likeness (QED) is 0.534. The molecule has 172 valence electrons. The van der Waals surface area contributed by atoms with E-state index in [1.807, 2.05) is 36.4 Å². The van der Waals surface area contributed by atoms with E-state index in [0.29, 0.717) is 43.1 Å². The third-order valence-corrected chi connectivity index (χ3v) is 7.39. The summed E-state index contributed by atoms with van der Waals surface area (Å²) in [6.07, 6.45) is 4.69. The van der Waals surface area contributed by atoms with Crippen molar-refractivity contribution in [2.75, 3.05) is 18.0 Å². The van der Waals surface area contributed by atoms with Crippen LogP contribution in [0.5, 0.6) is 0 Å². The van der Waals surface area contributed by atoms with Crippen LogP contribution in [0.15, 0.2) is 78.0 Å². The van der Waals surface area contributed by atoms with Crippen LogP contribution in [0.25, 0.3) is 0 Å². The number of amides is 1. The summed E-state index contributed by atoms with van der Waals surface area (Å²) in [5.41, 5.74) is 2.37. The first-order chi connectivity index (χ1) is 15.9. The highest BCUT2D eigenvalue weighted by atomic mass is 35.5. The van der Waals surface area contributed by atoms with Crippen molar-refractivity contribution in [3.63, 3.8) is 0 Å². The SMILES string of the molecule is O=C(NCc1cccnc1)c1ccccc1N1CCC(NS(=O)(=O)c2ccc(Cl)cc2)CC1. The molecular formula is C24H25ClN4O3S. The number of piperidine rings is 1. The highest BCUT2D eigenvalue weighted by Crippen LogP contribution is 2.25. The first-order valence-corrected chi connectivity index (χ1v) is 12.6. The maximum absolute atomic E-state index is 12.9. The Morgan fingerprint density at radius 2 is 1.76 bits per heavy atom. The summed E-state index contributed by atoms with van der Waals surface area (Å²) < 4.78 is 28.1. The second-order valence-corrected chi connectivity index (χ2v) is 10.0. The number of para-hydroxylation sites is 1. The molecule has 0 radical (unpaired) electrons. The molecule has 2 aromatic carbocycles. The van der Waals surface area contributed by atoms with E-state index in [-0.39, 0.29) is 16.8 Å². The van der Waals surface area contributed by atoms with Gasteiger partial charge >= 0.3 is 0 Å². The summed E-state index contributed by atoms with van der Waals surface area (Å²) in [5, 5.41) is 3.44. The van der Waals surface area contributed by atoms with Gasteiger partial charge < -0.3 is 10.2 Å². The Labute approximate surface area is 198 Å². The number of halogens is 1. The molecule has 1 aliphatic heterocycles. The van der Waals surface area contributed by atoms with E-state index in [9.17, 15) is 13.2 Å². The lowest BCUT2D eigenvalue weighted by Crippen LogP contribution is -2.45. The predicted octanol–water partition coefficient (Wildman–Crippen LogP) is 3.61. The standard InChI is InChI=1S/C24H25ClN4O3S/c25-19-7-9-21(10-8-19)33(31,32)28-20-11-14-29(15-12-20)23-6-2-1-5-22(23)24(30)27-17-18-4-3-13-26-16-18/h1-10,13,16,20,28H,11-12,14-15,17H2,(H,27,30). The van der Waals surface area contributed by atoms with Gasteiger partial charge in [0.05, 0.1) is 10.5 Å². The number of carbonyl (C=O) groups is 1. The average Bonchev–Trinajstić information content (AvgIpc) is 2.84. The van der Waals surface area contributed by atoms with Crippen molar-refractivity contribution in [1.82, 2.24) is 15.0 Å². The summed E-state index contributed by atoms with van der Waals surface area (Å²) in [6, 6.07) is 17.2. The van der Waals surface area contributed by atoms with Gasteiger partial charge in [-0.2, -0.15) is 0 Å². The molecule has 0 unspecified atom stereocenters. The molecule has 0 saturated carbocycles. The van der Waals surface area contributed by atoms with E-state index < -0.39 is 10.0 Å². The largest absolute Gasteiger partial charge is 0.371 e. The number of nitrogens with one attached hydrogen (secondary N) is 2. The zero-order valence-electron chi connectivity index (χ0n) is 17.9. The van der Waals surface area contributed by atoms with Gasteiger partial charge in [0.2, 0.25) is 10.0 Å². The normalized spacial score (nSPS) is 14.8. The number of sulfonamides is 1. The average molecular weight is 485 g/mol. The lowest BCUT2D eigenvalue weighted by Gasteiger charge is -2.34. The minimum atomic E-state index is -3.61. The van der Waals surface area contributed by atoms with E-state index in [1.165, 1.54) is 12.1 Å². The third-order valence-electron chi connectivity index (χ3n) is 5.61. The number of nitrogens with zero attached hydrogens (tertiary/aromatic N) is 2. The van der Waals surface area contributed by atoms with Crippen molar-refractivity contribution >= 4 is 33.2 Å². The Morgan fingerprint density at radius 1 is 1.03 bits per heavy atom. The van der Waals surface area contributed by atoms with Crippen LogP contribution in [0.2, 0.25) is 5.02 Å². The number of hydrogen-bond acceptors (Lipinski definition) is 5. The highest BCUT2D eigenvalue weighted by molar-refractivity contribution is 7.89.